The van der Waals surface area contributed by atoms with Crippen molar-refractivity contribution in [3.8, 4) is 0 Å². The van der Waals surface area contributed by atoms with Gasteiger partial charge < -0.3 is 9.84 Å². The summed E-state index contributed by atoms with van der Waals surface area (Å²) in [6.45, 7) is 2.94. The molecule has 0 amide bonds. The lowest BCUT2D eigenvalue weighted by Gasteiger charge is -2.09. The fraction of sp³-hybridized carbons (Fsp3) is 0.333. The van der Waals surface area contributed by atoms with Crippen molar-refractivity contribution in [2.75, 3.05) is 0 Å². The van der Waals surface area contributed by atoms with Gasteiger partial charge >= 0.3 is 5.97 Å². The van der Waals surface area contributed by atoms with Crippen molar-refractivity contribution in [3.05, 3.63) is 88.2 Å². The number of ether oxygens (including phenoxy) is 1. The number of aliphatic hydroxyl groups excluding tert-OH is 1. The van der Waals surface area contributed by atoms with Gasteiger partial charge in [0.15, 0.2) is 0 Å². The summed E-state index contributed by atoms with van der Waals surface area (Å²) in [5.41, 5.74) is 6.56. The average molecular weight is 390 g/mol. The summed E-state index contributed by atoms with van der Waals surface area (Å²) >= 11 is 0. The number of carbonyl (C=O) groups excluding carboxylic acids is 1. The SMILES string of the molecule is Cc1nn(Cc2ccc3c(c2)C[C@@H](CC(=O)OCc2ccccc2)C3)cc1CO. The van der Waals surface area contributed by atoms with Crippen LogP contribution < -0.4 is 0 Å². The molecule has 0 saturated heterocycles. The molecule has 0 bridgehead atoms. The number of hydrogen-bond acceptors (Lipinski definition) is 4. The number of hydrogen-bond donors (Lipinski definition) is 1. The monoisotopic (exact) mass is 390 g/mol. The van der Waals surface area contributed by atoms with Crippen molar-refractivity contribution in [3.63, 3.8) is 0 Å². The van der Waals surface area contributed by atoms with Gasteiger partial charge in [0.1, 0.15) is 6.61 Å². The molecule has 0 unspecified atom stereocenters. The van der Waals surface area contributed by atoms with Crippen LogP contribution in [0.15, 0.2) is 54.7 Å². The maximum Gasteiger partial charge on any atom is 0.306 e. The topological polar surface area (TPSA) is 64.4 Å². The van der Waals surface area contributed by atoms with E-state index in [9.17, 15) is 9.90 Å². The summed E-state index contributed by atoms with van der Waals surface area (Å²) in [7, 11) is 0. The van der Waals surface area contributed by atoms with Crippen molar-refractivity contribution in [2.24, 2.45) is 5.92 Å². The number of benzene rings is 2. The Kier molecular flexibility index (Phi) is 5.76. The van der Waals surface area contributed by atoms with Crippen molar-refractivity contribution in [1.29, 1.82) is 0 Å². The molecule has 3 aromatic rings. The van der Waals surface area contributed by atoms with Crippen molar-refractivity contribution < 1.29 is 14.6 Å². The number of fused-ring (bicyclic) bond motifs is 1. The molecule has 1 heterocycles. The van der Waals surface area contributed by atoms with E-state index in [0.717, 1.165) is 29.7 Å². The molecular weight excluding hydrogens is 364 g/mol. The highest BCUT2D eigenvalue weighted by atomic mass is 16.5. The normalized spacial score (nSPS) is 15.3. The van der Waals surface area contributed by atoms with Gasteiger partial charge in [-0.25, -0.2) is 0 Å². The van der Waals surface area contributed by atoms with E-state index in [-0.39, 0.29) is 12.6 Å². The maximum atomic E-state index is 12.2. The van der Waals surface area contributed by atoms with E-state index >= 15 is 0 Å². The van der Waals surface area contributed by atoms with Crippen LogP contribution in [0.4, 0.5) is 0 Å². The van der Waals surface area contributed by atoms with E-state index in [1.54, 1.807) is 0 Å². The second-order valence-electron chi connectivity index (χ2n) is 7.82. The number of aliphatic hydroxyl groups is 1. The molecule has 1 atom stereocenters. The Balaban J connectivity index is 1.32. The fourth-order valence-electron chi connectivity index (χ4n) is 4.02. The Hall–Kier alpha value is -2.92. The minimum atomic E-state index is -0.129. The molecule has 1 aliphatic carbocycles. The van der Waals surface area contributed by atoms with Gasteiger partial charge in [-0.1, -0.05) is 48.5 Å². The van der Waals surface area contributed by atoms with Crippen LogP contribution in [0.2, 0.25) is 0 Å². The number of esters is 1. The van der Waals surface area contributed by atoms with Crippen molar-refractivity contribution in [1.82, 2.24) is 9.78 Å². The summed E-state index contributed by atoms with van der Waals surface area (Å²) in [6.07, 6.45) is 4.18. The third-order valence-electron chi connectivity index (χ3n) is 5.55. The van der Waals surface area contributed by atoms with Crippen LogP contribution in [0.5, 0.6) is 0 Å². The highest BCUT2D eigenvalue weighted by Crippen LogP contribution is 2.30. The predicted molar refractivity (Wildman–Crippen MR) is 110 cm³/mol. The molecule has 29 heavy (non-hydrogen) atoms. The summed E-state index contributed by atoms with van der Waals surface area (Å²) in [5, 5.41) is 13.8. The Bertz CT molecular complexity index is 995. The molecule has 150 valence electrons. The lowest BCUT2D eigenvalue weighted by Crippen LogP contribution is -2.11. The highest BCUT2D eigenvalue weighted by Gasteiger charge is 2.24. The fourth-order valence-corrected chi connectivity index (χ4v) is 4.02. The number of rotatable bonds is 7. The summed E-state index contributed by atoms with van der Waals surface area (Å²) in [5.74, 6) is 0.173. The zero-order chi connectivity index (χ0) is 20.2. The summed E-state index contributed by atoms with van der Waals surface area (Å²) < 4.78 is 7.32. The molecule has 1 N–H and O–H groups in total. The van der Waals surface area contributed by atoms with Gasteiger partial charge in [0, 0.05) is 18.2 Å². The molecule has 0 fully saturated rings. The lowest BCUT2D eigenvalue weighted by molar-refractivity contribution is -0.146. The van der Waals surface area contributed by atoms with E-state index in [1.165, 1.54) is 16.7 Å². The number of aromatic nitrogens is 2. The van der Waals surface area contributed by atoms with Crippen molar-refractivity contribution >= 4 is 5.97 Å². The van der Waals surface area contributed by atoms with Crippen LogP contribution in [0.1, 0.15) is 39.9 Å². The zero-order valence-corrected chi connectivity index (χ0v) is 16.7. The van der Waals surface area contributed by atoms with Crippen LogP contribution in [-0.4, -0.2) is 20.9 Å². The first kappa shape index (κ1) is 19.4. The standard InChI is InChI=1S/C24H26N2O3/c1-17-23(15-27)14-26(25-17)13-19-7-8-21-10-20(11-22(21)9-19)12-24(28)29-16-18-5-3-2-4-6-18/h2-9,14,20,27H,10-13,15-16H2,1H3/t20-/m0/s1. The van der Waals surface area contributed by atoms with Gasteiger partial charge in [-0.15, -0.1) is 0 Å². The van der Waals surface area contributed by atoms with Gasteiger partial charge in [-0.2, -0.15) is 5.10 Å². The first-order valence-electron chi connectivity index (χ1n) is 10.0. The van der Waals surface area contributed by atoms with E-state index in [4.69, 9.17) is 4.74 Å². The van der Waals surface area contributed by atoms with E-state index in [0.29, 0.717) is 25.5 Å². The Labute approximate surface area is 171 Å². The van der Waals surface area contributed by atoms with Crippen molar-refractivity contribution in [2.45, 2.75) is 45.9 Å². The van der Waals surface area contributed by atoms with Gasteiger partial charge in [0.05, 0.1) is 18.8 Å². The summed E-state index contributed by atoms with van der Waals surface area (Å²) in [4.78, 5) is 12.2. The Morgan fingerprint density at radius 1 is 1.14 bits per heavy atom. The van der Waals surface area contributed by atoms with Crippen LogP contribution in [0.3, 0.4) is 0 Å². The molecule has 0 aliphatic heterocycles. The van der Waals surface area contributed by atoms with Gasteiger partial charge in [-0.05, 0) is 47.9 Å². The molecule has 1 aliphatic rings. The van der Waals surface area contributed by atoms with E-state index in [1.807, 2.05) is 48.1 Å². The second-order valence-corrected chi connectivity index (χ2v) is 7.82. The summed E-state index contributed by atoms with van der Waals surface area (Å²) in [6, 6.07) is 16.3. The van der Waals surface area contributed by atoms with Gasteiger partial charge in [0.25, 0.3) is 0 Å². The lowest BCUT2D eigenvalue weighted by atomic mass is 10.0. The van der Waals surface area contributed by atoms with E-state index in [2.05, 4.69) is 23.3 Å². The Morgan fingerprint density at radius 3 is 2.69 bits per heavy atom. The smallest absolute Gasteiger partial charge is 0.306 e. The molecule has 0 saturated carbocycles. The Morgan fingerprint density at radius 2 is 1.93 bits per heavy atom. The molecule has 1 aromatic heterocycles. The molecular formula is C24H26N2O3. The zero-order valence-electron chi connectivity index (χ0n) is 16.7. The molecule has 4 rings (SSSR count). The third-order valence-corrected chi connectivity index (χ3v) is 5.55. The van der Waals surface area contributed by atoms with Crippen LogP contribution >= 0.6 is 0 Å². The molecule has 5 nitrogen and oxygen atoms in total. The van der Waals surface area contributed by atoms with Crippen LogP contribution in [-0.2, 0) is 42.1 Å². The highest BCUT2D eigenvalue weighted by molar-refractivity contribution is 5.70. The minimum absolute atomic E-state index is 0.0120. The quantitative estimate of drug-likeness (QED) is 0.627. The first-order chi connectivity index (χ1) is 14.1. The second kappa shape index (κ2) is 8.62. The predicted octanol–water partition coefficient (Wildman–Crippen LogP) is 3.58. The van der Waals surface area contributed by atoms with Gasteiger partial charge in [0.2, 0.25) is 0 Å². The molecule has 0 spiro atoms. The van der Waals surface area contributed by atoms with E-state index < -0.39 is 0 Å². The maximum absolute atomic E-state index is 12.2. The first-order valence-corrected chi connectivity index (χ1v) is 10.0. The molecule has 5 heteroatoms. The largest absolute Gasteiger partial charge is 0.461 e. The minimum Gasteiger partial charge on any atom is -0.461 e. The van der Waals surface area contributed by atoms with Gasteiger partial charge in [-0.3, -0.25) is 9.48 Å². The average Bonchev–Trinajstić information content (AvgIpc) is 3.28. The number of nitrogens with zero attached hydrogens (tertiary/aromatic N) is 2. The van der Waals surface area contributed by atoms with Crippen LogP contribution in [0.25, 0.3) is 0 Å². The third kappa shape index (κ3) is 4.74. The molecule has 2 aromatic carbocycles. The molecule has 0 radical (unpaired) electrons. The number of carbonyl (C=O) groups is 1. The van der Waals surface area contributed by atoms with Crippen LogP contribution in [0, 0.1) is 12.8 Å². The number of aryl methyl sites for hydroxylation is 1.